The average Bonchev–Trinajstić information content (AvgIpc) is 3.29. The van der Waals surface area contributed by atoms with Crippen LogP contribution < -0.4 is 15.9 Å². The maximum atomic E-state index is 14.6. The lowest BCUT2D eigenvalue weighted by atomic mass is 10.0. The number of hydrogen-bond donors (Lipinski definition) is 1. The van der Waals surface area contributed by atoms with Crippen molar-refractivity contribution in [1.82, 2.24) is 24.3 Å². The van der Waals surface area contributed by atoms with E-state index in [0.29, 0.717) is 40.2 Å². The molecular formula is C27H27F2N5O4Si. The number of aromatic amines is 1. The molecule has 2 aromatic carbocycles. The Kier molecular flexibility index (Phi) is 6.91. The highest BCUT2D eigenvalue weighted by atomic mass is 28.3. The number of hydrogen-bond acceptors (Lipinski definition) is 6. The zero-order valence-corrected chi connectivity index (χ0v) is 22.9. The van der Waals surface area contributed by atoms with Crippen molar-refractivity contribution in [2.24, 2.45) is 7.05 Å². The zero-order valence-electron chi connectivity index (χ0n) is 21.9. The quantitative estimate of drug-likeness (QED) is 0.215. The minimum absolute atomic E-state index is 0.0855. The van der Waals surface area contributed by atoms with Gasteiger partial charge in [-0.15, -0.1) is 0 Å². The van der Waals surface area contributed by atoms with Gasteiger partial charge >= 0.3 is 0 Å². The summed E-state index contributed by atoms with van der Waals surface area (Å²) in [5.74, 6) is -1.84. The van der Waals surface area contributed by atoms with Gasteiger partial charge in [0.25, 0.3) is 11.1 Å². The van der Waals surface area contributed by atoms with Crippen LogP contribution in [-0.4, -0.2) is 39.0 Å². The summed E-state index contributed by atoms with van der Waals surface area (Å²) in [5, 5.41) is 4.92. The number of fused-ring (bicyclic) bond motifs is 2. The maximum Gasteiger partial charge on any atom is 0.276 e. The van der Waals surface area contributed by atoms with Crippen LogP contribution in [0, 0.1) is 11.6 Å². The summed E-state index contributed by atoms with van der Waals surface area (Å²) in [7, 11) is 0.320. The Morgan fingerprint density at radius 1 is 1.05 bits per heavy atom. The van der Waals surface area contributed by atoms with Crippen LogP contribution >= 0.6 is 0 Å². The lowest BCUT2D eigenvalue weighted by Crippen LogP contribution is -2.23. The lowest BCUT2D eigenvalue weighted by Gasteiger charge is -2.16. The number of aryl methyl sites for hydroxylation is 1. The number of halogens is 2. The van der Waals surface area contributed by atoms with E-state index >= 15 is 0 Å². The van der Waals surface area contributed by atoms with Crippen molar-refractivity contribution in [3.05, 3.63) is 81.3 Å². The molecule has 0 aliphatic rings. The van der Waals surface area contributed by atoms with Gasteiger partial charge in [0.2, 0.25) is 0 Å². The monoisotopic (exact) mass is 551 g/mol. The molecule has 5 aromatic rings. The fraction of sp³-hybridized carbons (Fsp3) is 0.259. The van der Waals surface area contributed by atoms with E-state index in [-0.39, 0.29) is 29.3 Å². The van der Waals surface area contributed by atoms with E-state index < -0.39 is 25.3 Å². The third-order valence-corrected chi connectivity index (χ3v) is 7.99. The number of pyridine rings is 1. The fourth-order valence-corrected chi connectivity index (χ4v) is 4.97. The van der Waals surface area contributed by atoms with Gasteiger partial charge in [-0.1, -0.05) is 19.6 Å². The molecule has 0 bridgehead atoms. The van der Waals surface area contributed by atoms with Crippen LogP contribution in [0.2, 0.25) is 25.7 Å². The molecule has 0 saturated heterocycles. The first kappa shape index (κ1) is 26.4. The predicted molar refractivity (Wildman–Crippen MR) is 147 cm³/mol. The summed E-state index contributed by atoms with van der Waals surface area (Å²) >= 11 is 0. The molecule has 0 aliphatic carbocycles. The van der Waals surface area contributed by atoms with Gasteiger partial charge in [0.05, 0.1) is 17.9 Å². The van der Waals surface area contributed by atoms with Gasteiger partial charge in [-0.2, -0.15) is 5.10 Å². The molecule has 0 saturated carbocycles. The predicted octanol–water partition coefficient (Wildman–Crippen LogP) is 5.02. The molecule has 9 nitrogen and oxygen atoms in total. The molecule has 0 amide bonds. The standard InChI is InChI=1S/C27H27F2N5O4Si/c1-33-14-19(18-12-31-34(25(18)27(33)36)15-37-9-10-39(2,3)4)17-6-7-21-24(32-23(35)13-30-21)26(17)38-22-8-5-16(28)11-20(22)29/h5-8,11-14H,9-10,15H2,1-4H3,(H,32,35). The van der Waals surface area contributed by atoms with E-state index in [0.717, 1.165) is 24.4 Å². The van der Waals surface area contributed by atoms with Crippen molar-refractivity contribution >= 4 is 30.0 Å². The van der Waals surface area contributed by atoms with Crippen LogP contribution in [-0.2, 0) is 18.5 Å². The molecule has 1 N–H and O–H groups in total. The number of ether oxygens (including phenoxy) is 2. The Balaban J connectivity index is 1.67. The second kappa shape index (κ2) is 10.2. The summed E-state index contributed by atoms with van der Waals surface area (Å²) in [6.45, 7) is 7.43. The summed E-state index contributed by atoms with van der Waals surface area (Å²) in [4.78, 5) is 32.2. The lowest BCUT2D eigenvalue weighted by molar-refractivity contribution is 0.0815. The first-order chi connectivity index (χ1) is 18.5. The molecule has 5 rings (SSSR count). The molecule has 3 aromatic heterocycles. The molecule has 0 radical (unpaired) electrons. The van der Waals surface area contributed by atoms with Crippen molar-refractivity contribution in [3.63, 3.8) is 0 Å². The molecule has 12 heteroatoms. The first-order valence-corrected chi connectivity index (χ1v) is 16.0. The molecule has 0 aliphatic heterocycles. The normalized spacial score (nSPS) is 11.9. The third kappa shape index (κ3) is 5.38. The largest absolute Gasteiger partial charge is 0.451 e. The molecule has 0 spiro atoms. The number of aromatic nitrogens is 5. The summed E-state index contributed by atoms with van der Waals surface area (Å²) < 4.78 is 42.9. The Hall–Kier alpha value is -4.16. The molecule has 39 heavy (non-hydrogen) atoms. The summed E-state index contributed by atoms with van der Waals surface area (Å²) in [5.41, 5.74) is 1.15. The minimum atomic E-state index is -1.29. The van der Waals surface area contributed by atoms with Gasteiger partial charge in [0.15, 0.2) is 17.3 Å². The van der Waals surface area contributed by atoms with E-state index in [2.05, 4.69) is 34.7 Å². The van der Waals surface area contributed by atoms with E-state index in [4.69, 9.17) is 9.47 Å². The minimum Gasteiger partial charge on any atom is -0.451 e. The molecule has 3 heterocycles. The van der Waals surface area contributed by atoms with Crippen LogP contribution in [0.3, 0.4) is 0 Å². The molecule has 0 atom stereocenters. The van der Waals surface area contributed by atoms with Crippen molar-refractivity contribution in [2.75, 3.05) is 6.61 Å². The topological polar surface area (TPSA) is 104 Å². The number of rotatable bonds is 8. The van der Waals surface area contributed by atoms with Gasteiger partial charge in [-0.05, 0) is 30.3 Å². The Labute approximate surface area is 222 Å². The van der Waals surface area contributed by atoms with Crippen molar-refractivity contribution in [3.8, 4) is 22.6 Å². The first-order valence-electron chi connectivity index (χ1n) is 12.3. The zero-order chi connectivity index (χ0) is 27.9. The SMILES string of the molecule is Cn1cc(-c2ccc3ncc(=O)[nH]c3c2Oc2ccc(F)cc2F)c2cnn(COCC[Si](C)(C)C)c2c1=O. The number of nitrogens with one attached hydrogen (secondary N) is 1. The molecule has 202 valence electrons. The smallest absolute Gasteiger partial charge is 0.276 e. The van der Waals surface area contributed by atoms with Gasteiger partial charge < -0.3 is 19.0 Å². The fourth-order valence-electron chi connectivity index (χ4n) is 4.21. The van der Waals surface area contributed by atoms with Crippen LogP contribution in [0.1, 0.15) is 0 Å². The van der Waals surface area contributed by atoms with E-state index in [1.807, 2.05) is 0 Å². The second-order valence-electron chi connectivity index (χ2n) is 10.5. The Morgan fingerprint density at radius 2 is 1.85 bits per heavy atom. The Bertz CT molecular complexity index is 1820. The van der Waals surface area contributed by atoms with Gasteiger partial charge in [0.1, 0.15) is 23.6 Å². The van der Waals surface area contributed by atoms with Crippen molar-refractivity contribution in [2.45, 2.75) is 32.4 Å². The van der Waals surface area contributed by atoms with Crippen LogP contribution in [0.15, 0.2) is 58.5 Å². The van der Waals surface area contributed by atoms with E-state index in [1.165, 1.54) is 9.25 Å². The van der Waals surface area contributed by atoms with Crippen molar-refractivity contribution < 1.29 is 18.3 Å². The molecule has 0 fully saturated rings. The summed E-state index contributed by atoms with van der Waals surface area (Å²) in [6, 6.07) is 7.28. The average molecular weight is 552 g/mol. The Morgan fingerprint density at radius 3 is 2.59 bits per heavy atom. The number of nitrogens with zero attached hydrogens (tertiary/aromatic N) is 4. The van der Waals surface area contributed by atoms with Gasteiger partial charge in [-0.3, -0.25) is 9.59 Å². The highest BCUT2D eigenvalue weighted by molar-refractivity contribution is 6.76. The molecular weight excluding hydrogens is 524 g/mol. The van der Waals surface area contributed by atoms with E-state index in [9.17, 15) is 18.4 Å². The molecule has 0 unspecified atom stereocenters. The van der Waals surface area contributed by atoms with Crippen LogP contribution in [0.4, 0.5) is 8.78 Å². The van der Waals surface area contributed by atoms with Crippen molar-refractivity contribution in [1.29, 1.82) is 0 Å². The maximum absolute atomic E-state index is 14.6. The van der Waals surface area contributed by atoms with Gasteiger partial charge in [0, 0.05) is 50.5 Å². The second-order valence-corrected chi connectivity index (χ2v) is 16.1. The van der Waals surface area contributed by atoms with Crippen LogP contribution in [0.5, 0.6) is 11.5 Å². The number of H-pyrrole nitrogens is 1. The highest BCUT2D eigenvalue weighted by Crippen LogP contribution is 2.40. The van der Waals surface area contributed by atoms with Crippen LogP contribution in [0.25, 0.3) is 33.1 Å². The van der Waals surface area contributed by atoms with Gasteiger partial charge in [-0.25, -0.2) is 18.4 Å². The van der Waals surface area contributed by atoms with E-state index in [1.54, 1.807) is 31.6 Å². The summed E-state index contributed by atoms with van der Waals surface area (Å²) in [6.07, 6.45) is 4.31. The number of benzene rings is 2. The highest BCUT2D eigenvalue weighted by Gasteiger charge is 2.21. The third-order valence-electron chi connectivity index (χ3n) is 6.29.